The third-order valence-corrected chi connectivity index (χ3v) is 4.48. The van der Waals surface area contributed by atoms with Crippen LogP contribution in [0.25, 0.3) is 11.0 Å². The summed E-state index contributed by atoms with van der Waals surface area (Å²) in [4.78, 5) is 19.4. The molecule has 9 heteroatoms. The van der Waals surface area contributed by atoms with Crippen LogP contribution in [0.3, 0.4) is 0 Å². The number of anilines is 1. The van der Waals surface area contributed by atoms with Crippen LogP contribution in [0.2, 0.25) is 5.02 Å². The van der Waals surface area contributed by atoms with E-state index in [1.165, 1.54) is 0 Å². The maximum Gasteiger partial charge on any atom is 0.416 e. The van der Waals surface area contributed by atoms with Gasteiger partial charge in [0.2, 0.25) is 5.91 Å². The zero-order valence-corrected chi connectivity index (χ0v) is 14.1. The Morgan fingerprint density at radius 2 is 2.00 bits per heavy atom. The van der Waals surface area contributed by atoms with E-state index in [-0.39, 0.29) is 16.5 Å². The summed E-state index contributed by atoms with van der Waals surface area (Å²) in [5.41, 5.74) is 0.654. The van der Waals surface area contributed by atoms with E-state index in [1.807, 2.05) is 24.3 Å². The molecule has 2 N–H and O–H groups in total. The fourth-order valence-electron chi connectivity index (χ4n) is 2.12. The third kappa shape index (κ3) is 4.26. The Morgan fingerprint density at radius 3 is 2.72 bits per heavy atom. The fraction of sp³-hybridized carbons (Fsp3) is 0.125. The van der Waals surface area contributed by atoms with E-state index < -0.39 is 17.6 Å². The molecule has 0 atom stereocenters. The molecule has 4 nitrogen and oxygen atoms in total. The average Bonchev–Trinajstić information content (AvgIpc) is 2.97. The first kappa shape index (κ1) is 17.6. The van der Waals surface area contributed by atoms with E-state index in [9.17, 15) is 18.0 Å². The fourth-order valence-corrected chi connectivity index (χ4v) is 2.97. The van der Waals surface area contributed by atoms with Crippen molar-refractivity contribution in [3.8, 4) is 0 Å². The van der Waals surface area contributed by atoms with Crippen LogP contribution in [0.1, 0.15) is 5.56 Å². The van der Waals surface area contributed by atoms with Gasteiger partial charge >= 0.3 is 6.18 Å². The molecular weight excluding hydrogens is 375 g/mol. The number of nitrogens with one attached hydrogen (secondary N) is 2. The maximum absolute atomic E-state index is 12.7. The number of hydrogen-bond donors (Lipinski definition) is 2. The highest BCUT2D eigenvalue weighted by Gasteiger charge is 2.31. The first-order chi connectivity index (χ1) is 11.8. The van der Waals surface area contributed by atoms with E-state index in [1.54, 1.807) is 0 Å². The van der Waals surface area contributed by atoms with Gasteiger partial charge in [-0.15, -0.1) is 0 Å². The van der Waals surface area contributed by atoms with Gasteiger partial charge in [-0.3, -0.25) is 4.79 Å². The lowest BCUT2D eigenvalue weighted by Crippen LogP contribution is -2.15. The number of carbonyl (C=O) groups is 1. The molecule has 2 aromatic carbocycles. The van der Waals surface area contributed by atoms with Gasteiger partial charge in [-0.25, -0.2) is 4.98 Å². The van der Waals surface area contributed by atoms with Gasteiger partial charge in [0.15, 0.2) is 5.16 Å². The van der Waals surface area contributed by atoms with Crippen molar-refractivity contribution >= 4 is 46.0 Å². The lowest BCUT2D eigenvalue weighted by Gasteiger charge is -2.11. The van der Waals surface area contributed by atoms with Crippen LogP contribution in [0.15, 0.2) is 47.6 Å². The predicted molar refractivity (Wildman–Crippen MR) is 91.9 cm³/mol. The number of fused-ring (bicyclic) bond motifs is 1. The molecule has 0 aliphatic rings. The van der Waals surface area contributed by atoms with E-state index >= 15 is 0 Å². The van der Waals surface area contributed by atoms with Crippen molar-refractivity contribution in [1.82, 2.24) is 9.97 Å². The van der Waals surface area contributed by atoms with Crippen LogP contribution in [-0.4, -0.2) is 21.6 Å². The van der Waals surface area contributed by atoms with Gasteiger partial charge in [-0.05, 0) is 30.3 Å². The number of thioether (sulfide) groups is 1. The molecule has 0 spiro atoms. The highest BCUT2D eigenvalue weighted by Crippen LogP contribution is 2.34. The molecule has 130 valence electrons. The van der Waals surface area contributed by atoms with Crippen molar-refractivity contribution in [2.45, 2.75) is 11.3 Å². The predicted octanol–water partition coefficient (Wildman–Crippen LogP) is 4.97. The minimum Gasteiger partial charge on any atom is -0.333 e. The minimum atomic E-state index is -4.51. The summed E-state index contributed by atoms with van der Waals surface area (Å²) in [6, 6.07) is 10.2. The van der Waals surface area contributed by atoms with E-state index in [0.717, 1.165) is 41.0 Å². The molecule has 0 saturated heterocycles. The quantitative estimate of drug-likeness (QED) is 0.624. The standard InChI is InChI=1S/C16H11ClF3N3OS/c17-10-6-5-9(16(18,19)20)7-13(10)21-14(24)8-25-15-22-11-3-1-2-4-12(11)23-15/h1-7H,8H2,(H,21,24)(H,22,23). The number of benzene rings is 2. The van der Waals surface area contributed by atoms with Gasteiger partial charge in [-0.2, -0.15) is 13.2 Å². The smallest absolute Gasteiger partial charge is 0.333 e. The number of imidazole rings is 1. The molecule has 0 radical (unpaired) electrons. The highest BCUT2D eigenvalue weighted by atomic mass is 35.5. The second-order valence-corrected chi connectivity index (χ2v) is 6.46. The number of rotatable bonds is 4. The largest absolute Gasteiger partial charge is 0.416 e. The molecular formula is C16H11ClF3N3OS. The Balaban J connectivity index is 1.66. The summed E-state index contributed by atoms with van der Waals surface area (Å²) in [5.74, 6) is -0.501. The van der Waals surface area contributed by atoms with Gasteiger partial charge in [0, 0.05) is 0 Å². The summed E-state index contributed by atoms with van der Waals surface area (Å²) >= 11 is 7.00. The number of aromatic amines is 1. The van der Waals surface area contributed by atoms with Gasteiger partial charge in [0.1, 0.15) is 0 Å². The second kappa shape index (κ2) is 6.97. The maximum atomic E-state index is 12.7. The molecule has 3 aromatic rings. The Morgan fingerprint density at radius 1 is 1.24 bits per heavy atom. The Bertz CT molecular complexity index is 893. The summed E-state index contributed by atoms with van der Waals surface area (Å²) in [6.07, 6.45) is -4.51. The zero-order chi connectivity index (χ0) is 18.0. The summed E-state index contributed by atoms with van der Waals surface area (Å²) in [5, 5.41) is 2.98. The number of halogens is 4. The molecule has 0 fully saturated rings. The Kier molecular flexibility index (Phi) is 4.91. The molecule has 0 bridgehead atoms. The molecule has 1 heterocycles. The SMILES string of the molecule is O=C(CSc1nc2ccccc2[nH]1)Nc1cc(C(F)(F)F)ccc1Cl. The second-order valence-electron chi connectivity index (χ2n) is 5.09. The minimum absolute atomic E-state index is 0.0214. The topological polar surface area (TPSA) is 57.8 Å². The number of alkyl halides is 3. The molecule has 0 aliphatic heterocycles. The third-order valence-electron chi connectivity index (χ3n) is 3.28. The molecule has 0 unspecified atom stereocenters. The lowest BCUT2D eigenvalue weighted by molar-refractivity contribution is -0.137. The van der Waals surface area contributed by atoms with Crippen molar-refractivity contribution in [3.05, 3.63) is 53.1 Å². The van der Waals surface area contributed by atoms with E-state index in [0.29, 0.717) is 5.16 Å². The van der Waals surface area contributed by atoms with Crippen LogP contribution in [0, 0.1) is 0 Å². The molecule has 1 amide bonds. The van der Waals surface area contributed by atoms with Crippen LogP contribution < -0.4 is 5.32 Å². The van der Waals surface area contributed by atoms with Gasteiger partial charge in [0.05, 0.1) is 33.1 Å². The van der Waals surface area contributed by atoms with Crippen molar-refractivity contribution in [1.29, 1.82) is 0 Å². The van der Waals surface area contributed by atoms with Crippen molar-refractivity contribution < 1.29 is 18.0 Å². The molecule has 0 aliphatic carbocycles. The van der Waals surface area contributed by atoms with Crippen molar-refractivity contribution in [2.75, 3.05) is 11.1 Å². The Labute approximate surface area is 149 Å². The van der Waals surface area contributed by atoms with Gasteiger partial charge < -0.3 is 10.3 Å². The first-order valence-corrected chi connectivity index (χ1v) is 8.43. The van der Waals surface area contributed by atoms with E-state index in [4.69, 9.17) is 11.6 Å². The molecule has 3 rings (SSSR count). The van der Waals surface area contributed by atoms with Crippen LogP contribution in [-0.2, 0) is 11.0 Å². The number of carbonyl (C=O) groups excluding carboxylic acids is 1. The van der Waals surface area contributed by atoms with Gasteiger partial charge in [-0.1, -0.05) is 35.5 Å². The number of para-hydroxylation sites is 2. The number of H-pyrrole nitrogens is 1. The monoisotopic (exact) mass is 385 g/mol. The van der Waals surface area contributed by atoms with Crippen molar-refractivity contribution in [2.24, 2.45) is 0 Å². The average molecular weight is 386 g/mol. The number of hydrogen-bond acceptors (Lipinski definition) is 3. The van der Waals surface area contributed by atoms with Gasteiger partial charge in [0.25, 0.3) is 0 Å². The number of nitrogens with zero attached hydrogens (tertiary/aromatic N) is 1. The van der Waals surface area contributed by atoms with Crippen molar-refractivity contribution in [3.63, 3.8) is 0 Å². The molecule has 1 aromatic heterocycles. The number of aromatic nitrogens is 2. The van der Waals surface area contributed by atoms with Crippen LogP contribution in [0.5, 0.6) is 0 Å². The molecule has 0 saturated carbocycles. The summed E-state index contributed by atoms with van der Waals surface area (Å²) < 4.78 is 38.2. The van der Waals surface area contributed by atoms with Crippen LogP contribution in [0.4, 0.5) is 18.9 Å². The Hall–Kier alpha value is -2.19. The summed E-state index contributed by atoms with van der Waals surface area (Å²) in [6.45, 7) is 0. The zero-order valence-electron chi connectivity index (χ0n) is 12.5. The van der Waals surface area contributed by atoms with E-state index in [2.05, 4.69) is 15.3 Å². The number of amides is 1. The van der Waals surface area contributed by atoms with Crippen LogP contribution >= 0.6 is 23.4 Å². The lowest BCUT2D eigenvalue weighted by atomic mass is 10.2. The first-order valence-electron chi connectivity index (χ1n) is 7.07. The highest BCUT2D eigenvalue weighted by molar-refractivity contribution is 7.99. The normalized spacial score (nSPS) is 11.7. The summed E-state index contributed by atoms with van der Waals surface area (Å²) in [7, 11) is 0. The molecule has 25 heavy (non-hydrogen) atoms.